The number of carboxylic acids is 1. The first-order chi connectivity index (χ1) is 12.9. The minimum Gasteiger partial charge on any atom is -0.480 e. The number of carbonyl (C=O) groups excluding carboxylic acids is 2. The molecule has 0 radical (unpaired) electrons. The van der Waals surface area contributed by atoms with Crippen LogP contribution in [0.3, 0.4) is 0 Å². The molecule has 27 heavy (non-hydrogen) atoms. The molecule has 0 unspecified atom stereocenters. The lowest BCUT2D eigenvalue weighted by Gasteiger charge is -2.22. The summed E-state index contributed by atoms with van der Waals surface area (Å²) in [7, 11) is 0. The number of amides is 2. The quantitative estimate of drug-likeness (QED) is 0.246. The Kier molecular flexibility index (Phi) is 10.0. The van der Waals surface area contributed by atoms with Crippen molar-refractivity contribution in [3.05, 3.63) is 35.9 Å². The van der Waals surface area contributed by atoms with Crippen molar-refractivity contribution in [3.8, 4) is 0 Å². The van der Waals surface area contributed by atoms with Gasteiger partial charge in [0.25, 0.3) is 0 Å². The molecule has 0 fully saturated rings. The SMILES string of the molecule is NCCCC[C@H](NC(=O)[C@@H](N)CO)C(=O)N[C@@H](Cc1ccccc1)C(=O)O. The minimum absolute atomic E-state index is 0.113. The number of aliphatic carboxylic acids is 1. The van der Waals surface area contributed by atoms with Gasteiger partial charge in [0.2, 0.25) is 11.8 Å². The van der Waals surface area contributed by atoms with Crippen molar-refractivity contribution in [2.24, 2.45) is 11.5 Å². The number of hydrogen-bond acceptors (Lipinski definition) is 6. The molecule has 0 aliphatic carbocycles. The molecule has 2 amide bonds. The molecule has 0 bridgehead atoms. The Hall–Kier alpha value is -2.49. The molecule has 8 N–H and O–H groups in total. The first kappa shape index (κ1) is 22.6. The fourth-order valence-electron chi connectivity index (χ4n) is 2.45. The standard InChI is InChI=1S/C18H28N4O5/c19-9-5-4-8-14(21-16(24)13(20)11-23)17(25)22-15(18(26)27)10-12-6-2-1-3-7-12/h1-3,6-7,13-15,23H,4-5,8-11,19-20H2,(H,21,24)(H,22,25)(H,26,27)/t13-,14-,15-/m0/s1. The summed E-state index contributed by atoms with van der Waals surface area (Å²) in [5, 5.41) is 23.3. The Morgan fingerprint density at radius 1 is 1.00 bits per heavy atom. The minimum atomic E-state index is -1.17. The maximum absolute atomic E-state index is 12.6. The Morgan fingerprint density at radius 3 is 2.19 bits per heavy atom. The van der Waals surface area contributed by atoms with Crippen LogP contribution in [0, 0.1) is 0 Å². The summed E-state index contributed by atoms with van der Waals surface area (Å²) in [6.07, 6.45) is 1.61. The molecule has 0 saturated carbocycles. The van der Waals surface area contributed by atoms with Gasteiger partial charge in [-0.1, -0.05) is 30.3 Å². The molecule has 3 atom stereocenters. The molecular formula is C18H28N4O5. The van der Waals surface area contributed by atoms with Gasteiger partial charge < -0.3 is 32.3 Å². The van der Waals surface area contributed by atoms with Crippen molar-refractivity contribution >= 4 is 17.8 Å². The average molecular weight is 380 g/mol. The van der Waals surface area contributed by atoms with E-state index in [1.165, 1.54) is 0 Å². The van der Waals surface area contributed by atoms with E-state index in [1.807, 2.05) is 6.07 Å². The van der Waals surface area contributed by atoms with Crippen LogP contribution in [-0.4, -0.2) is 59.3 Å². The summed E-state index contributed by atoms with van der Waals surface area (Å²) < 4.78 is 0. The molecule has 0 aliphatic heterocycles. The van der Waals surface area contributed by atoms with Crippen LogP contribution in [0.4, 0.5) is 0 Å². The molecule has 0 spiro atoms. The zero-order chi connectivity index (χ0) is 20.2. The van der Waals surface area contributed by atoms with E-state index in [9.17, 15) is 19.5 Å². The topological polar surface area (TPSA) is 168 Å². The van der Waals surface area contributed by atoms with Crippen molar-refractivity contribution in [2.75, 3.05) is 13.2 Å². The third-order valence-corrected chi connectivity index (χ3v) is 4.01. The van der Waals surface area contributed by atoms with Crippen LogP contribution in [0.15, 0.2) is 30.3 Å². The molecule has 1 aromatic rings. The largest absolute Gasteiger partial charge is 0.480 e. The smallest absolute Gasteiger partial charge is 0.326 e. The van der Waals surface area contributed by atoms with E-state index >= 15 is 0 Å². The maximum Gasteiger partial charge on any atom is 0.326 e. The fraction of sp³-hybridized carbons (Fsp3) is 0.500. The number of unbranched alkanes of at least 4 members (excludes halogenated alkanes) is 1. The van der Waals surface area contributed by atoms with Gasteiger partial charge in [0.15, 0.2) is 0 Å². The van der Waals surface area contributed by atoms with Crippen molar-refractivity contribution in [3.63, 3.8) is 0 Å². The monoisotopic (exact) mass is 380 g/mol. The molecule has 0 saturated heterocycles. The van der Waals surface area contributed by atoms with Gasteiger partial charge >= 0.3 is 5.97 Å². The van der Waals surface area contributed by atoms with Crippen LogP contribution in [0.1, 0.15) is 24.8 Å². The summed E-state index contributed by atoms with van der Waals surface area (Å²) in [5.41, 5.74) is 11.7. The Bertz CT molecular complexity index is 611. The van der Waals surface area contributed by atoms with Gasteiger partial charge in [-0.3, -0.25) is 9.59 Å². The predicted octanol–water partition coefficient (Wildman–Crippen LogP) is -1.27. The molecular weight excluding hydrogens is 352 g/mol. The summed E-state index contributed by atoms with van der Waals surface area (Å²) >= 11 is 0. The van der Waals surface area contributed by atoms with E-state index in [1.54, 1.807) is 24.3 Å². The second kappa shape index (κ2) is 12.0. The highest BCUT2D eigenvalue weighted by Crippen LogP contribution is 2.06. The van der Waals surface area contributed by atoms with E-state index in [-0.39, 0.29) is 12.8 Å². The van der Waals surface area contributed by atoms with Gasteiger partial charge in [-0.15, -0.1) is 0 Å². The molecule has 150 valence electrons. The van der Waals surface area contributed by atoms with Crippen molar-refractivity contribution in [1.82, 2.24) is 10.6 Å². The lowest BCUT2D eigenvalue weighted by Crippen LogP contribution is -2.55. The predicted molar refractivity (Wildman–Crippen MR) is 99.6 cm³/mol. The highest BCUT2D eigenvalue weighted by atomic mass is 16.4. The van der Waals surface area contributed by atoms with E-state index in [4.69, 9.17) is 16.6 Å². The number of aliphatic hydroxyl groups is 1. The van der Waals surface area contributed by atoms with Crippen LogP contribution in [-0.2, 0) is 20.8 Å². The first-order valence-electron chi connectivity index (χ1n) is 8.83. The summed E-state index contributed by atoms with van der Waals surface area (Å²) in [6, 6.07) is 5.65. The summed E-state index contributed by atoms with van der Waals surface area (Å²) in [5.74, 6) is -2.47. The zero-order valence-corrected chi connectivity index (χ0v) is 15.1. The van der Waals surface area contributed by atoms with E-state index < -0.39 is 42.5 Å². The fourth-order valence-corrected chi connectivity index (χ4v) is 2.45. The molecule has 9 heteroatoms. The molecule has 1 rings (SSSR count). The third-order valence-electron chi connectivity index (χ3n) is 4.01. The van der Waals surface area contributed by atoms with Gasteiger partial charge in [-0.25, -0.2) is 4.79 Å². The van der Waals surface area contributed by atoms with Crippen molar-refractivity contribution in [2.45, 2.75) is 43.8 Å². The zero-order valence-electron chi connectivity index (χ0n) is 15.1. The maximum atomic E-state index is 12.6. The number of hydrogen-bond donors (Lipinski definition) is 6. The Labute approximate surface area is 158 Å². The second-order valence-electron chi connectivity index (χ2n) is 6.22. The third kappa shape index (κ3) is 8.16. The Morgan fingerprint density at radius 2 is 1.63 bits per heavy atom. The van der Waals surface area contributed by atoms with Crippen molar-refractivity contribution in [1.29, 1.82) is 0 Å². The first-order valence-corrected chi connectivity index (χ1v) is 8.83. The number of benzene rings is 1. The van der Waals surface area contributed by atoms with Gasteiger partial charge in [-0.05, 0) is 31.4 Å². The Balaban J connectivity index is 2.80. The van der Waals surface area contributed by atoms with Crippen molar-refractivity contribution < 1.29 is 24.6 Å². The number of aliphatic hydroxyl groups excluding tert-OH is 1. The molecule has 0 aliphatic rings. The number of nitrogens with two attached hydrogens (primary N) is 2. The number of carboxylic acid groups (broad SMARTS) is 1. The highest BCUT2D eigenvalue weighted by Gasteiger charge is 2.27. The molecule has 0 heterocycles. The normalized spacial score (nSPS) is 14.0. The van der Waals surface area contributed by atoms with Gasteiger partial charge in [0.05, 0.1) is 6.61 Å². The van der Waals surface area contributed by atoms with Gasteiger partial charge in [-0.2, -0.15) is 0 Å². The lowest BCUT2D eigenvalue weighted by molar-refractivity contribution is -0.142. The number of nitrogens with one attached hydrogen (secondary N) is 2. The molecule has 9 nitrogen and oxygen atoms in total. The van der Waals surface area contributed by atoms with E-state index in [0.717, 1.165) is 5.56 Å². The summed E-state index contributed by atoms with van der Waals surface area (Å²) in [4.78, 5) is 36.0. The number of carbonyl (C=O) groups is 3. The van der Waals surface area contributed by atoms with Gasteiger partial charge in [0, 0.05) is 6.42 Å². The van der Waals surface area contributed by atoms with Crippen LogP contribution in [0.25, 0.3) is 0 Å². The highest BCUT2D eigenvalue weighted by molar-refractivity contribution is 5.91. The molecule has 1 aromatic carbocycles. The number of rotatable bonds is 12. The van der Waals surface area contributed by atoms with E-state index in [0.29, 0.717) is 19.4 Å². The summed E-state index contributed by atoms with van der Waals surface area (Å²) in [6.45, 7) is -0.126. The van der Waals surface area contributed by atoms with Crippen LogP contribution in [0.5, 0.6) is 0 Å². The average Bonchev–Trinajstić information content (AvgIpc) is 2.66. The van der Waals surface area contributed by atoms with E-state index in [2.05, 4.69) is 10.6 Å². The van der Waals surface area contributed by atoms with Crippen LogP contribution >= 0.6 is 0 Å². The van der Waals surface area contributed by atoms with Gasteiger partial charge in [0.1, 0.15) is 18.1 Å². The lowest BCUT2D eigenvalue weighted by atomic mass is 10.0. The second-order valence-corrected chi connectivity index (χ2v) is 6.22. The van der Waals surface area contributed by atoms with Crippen LogP contribution < -0.4 is 22.1 Å². The molecule has 0 aromatic heterocycles. The van der Waals surface area contributed by atoms with Crippen LogP contribution in [0.2, 0.25) is 0 Å².